The largest absolute Gasteiger partial charge is 0.375 e. The zero-order chi connectivity index (χ0) is 14.1. The van der Waals surface area contributed by atoms with Gasteiger partial charge in [0, 0.05) is 18.7 Å². The molecular formula is C15H27NO3S. The van der Waals surface area contributed by atoms with E-state index in [4.69, 9.17) is 4.74 Å². The molecule has 20 heavy (non-hydrogen) atoms. The van der Waals surface area contributed by atoms with Crippen LogP contribution in [0.3, 0.4) is 0 Å². The first-order chi connectivity index (χ1) is 9.57. The monoisotopic (exact) mass is 301 g/mol. The molecule has 2 atom stereocenters. The zero-order valence-electron chi connectivity index (χ0n) is 12.3. The number of sulfone groups is 1. The van der Waals surface area contributed by atoms with Gasteiger partial charge in [0.1, 0.15) is 0 Å². The first-order valence-electron chi connectivity index (χ1n) is 8.17. The summed E-state index contributed by atoms with van der Waals surface area (Å²) in [5, 5.41) is 3.63. The maximum absolute atomic E-state index is 11.7. The van der Waals surface area contributed by atoms with Crippen molar-refractivity contribution >= 4 is 9.84 Å². The molecule has 5 heteroatoms. The van der Waals surface area contributed by atoms with E-state index in [0.717, 1.165) is 32.3 Å². The highest BCUT2D eigenvalue weighted by Gasteiger charge is 2.39. The SMILES string of the molecule is O=S1(=O)CCCC(NC2CCOC3(CCCCC3)C2)C1. The van der Waals surface area contributed by atoms with Crippen molar-refractivity contribution in [1.82, 2.24) is 5.32 Å². The Labute approximate surface area is 122 Å². The molecule has 0 aromatic carbocycles. The molecule has 1 N–H and O–H groups in total. The molecule has 0 amide bonds. The summed E-state index contributed by atoms with van der Waals surface area (Å²) >= 11 is 0. The van der Waals surface area contributed by atoms with Gasteiger partial charge in [-0.15, -0.1) is 0 Å². The minimum atomic E-state index is -2.81. The van der Waals surface area contributed by atoms with Gasteiger partial charge in [0.05, 0.1) is 17.1 Å². The van der Waals surface area contributed by atoms with Gasteiger partial charge in [-0.05, 0) is 38.5 Å². The van der Waals surface area contributed by atoms with Crippen molar-refractivity contribution in [3.63, 3.8) is 0 Å². The van der Waals surface area contributed by atoms with Crippen LogP contribution in [0.15, 0.2) is 0 Å². The molecule has 2 aliphatic heterocycles. The summed E-state index contributed by atoms with van der Waals surface area (Å²) < 4.78 is 29.6. The van der Waals surface area contributed by atoms with Gasteiger partial charge in [0.15, 0.2) is 9.84 Å². The molecule has 3 fully saturated rings. The molecule has 2 unspecified atom stereocenters. The van der Waals surface area contributed by atoms with Crippen LogP contribution in [0.5, 0.6) is 0 Å². The second kappa shape index (κ2) is 5.93. The van der Waals surface area contributed by atoms with Crippen LogP contribution in [-0.4, -0.2) is 44.2 Å². The van der Waals surface area contributed by atoms with E-state index in [0.29, 0.717) is 17.5 Å². The van der Waals surface area contributed by atoms with E-state index in [1.54, 1.807) is 0 Å². The topological polar surface area (TPSA) is 55.4 Å². The Morgan fingerprint density at radius 3 is 2.55 bits per heavy atom. The number of ether oxygens (including phenoxy) is 1. The first kappa shape index (κ1) is 14.8. The van der Waals surface area contributed by atoms with Gasteiger partial charge in [0.2, 0.25) is 0 Å². The maximum atomic E-state index is 11.7. The molecule has 4 nitrogen and oxygen atoms in total. The van der Waals surface area contributed by atoms with Gasteiger partial charge >= 0.3 is 0 Å². The Kier molecular flexibility index (Phi) is 4.39. The lowest BCUT2D eigenvalue weighted by atomic mass is 9.78. The Bertz CT molecular complexity index is 423. The molecule has 3 aliphatic rings. The lowest BCUT2D eigenvalue weighted by Gasteiger charge is -2.44. The second-order valence-corrected chi connectivity index (χ2v) is 9.13. The summed E-state index contributed by atoms with van der Waals surface area (Å²) in [6.45, 7) is 0.830. The molecule has 1 spiro atoms. The van der Waals surface area contributed by atoms with Gasteiger partial charge in [-0.1, -0.05) is 19.3 Å². The summed E-state index contributed by atoms with van der Waals surface area (Å²) in [6.07, 6.45) is 10.2. The lowest BCUT2D eigenvalue weighted by molar-refractivity contribution is -0.109. The molecule has 0 aromatic rings. The summed E-state index contributed by atoms with van der Waals surface area (Å²) in [6, 6.07) is 0.609. The van der Waals surface area contributed by atoms with E-state index in [2.05, 4.69) is 5.32 Å². The minimum Gasteiger partial charge on any atom is -0.375 e. The number of hydrogen-bond acceptors (Lipinski definition) is 4. The summed E-state index contributed by atoms with van der Waals surface area (Å²) in [5.41, 5.74) is 0.0989. The highest BCUT2D eigenvalue weighted by atomic mass is 32.2. The Morgan fingerprint density at radius 2 is 1.80 bits per heavy atom. The quantitative estimate of drug-likeness (QED) is 0.848. The van der Waals surface area contributed by atoms with Crippen molar-refractivity contribution in [1.29, 1.82) is 0 Å². The summed E-state index contributed by atoms with van der Waals surface area (Å²) in [4.78, 5) is 0. The predicted octanol–water partition coefficient (Wildman–Crippen LogP) is 2.04. The smallest absolute Gasteiger partial charge is 0.151 e. The van der Waals surface area contributed by atoms with Gasteiger partial charge in [-0.25, -0.2) is 8.42 Å². The lowest BCUT2D eigenvalue weighted by Crippen LogP contribution is -2.52. The molecular weight excluding hydrogens is 274 g/mol. The number of nitrogens with one attached hydrogen (secondary N) is 1. The average Bonchev–Trinajstić information content (AvgIpc) is 2.38. The molecule has 116 valence electrons. The van der Waals surface area contributed by atoms with Crippen molar-refractivity contribution in [2.45, 2.75) is 75.5 Å². The first-order valence-corrected chi connectivity index (χ1v) is 10.00. The molecule has 0 radical (unpaired) electrons. The van der Waals surface area contributed by atoms with Gasteiger partial charge in [-0.2, -0.15) is 0 Å². The predicted molar refractivity (Wildman–Crippen MR) is 79.6 cm³/mol. The van der Waals surface area contributed by atoms with Crippen molar-refractivity contribution in [3.8, 4) is 0 Å². The summed E-state index contributed by atoms with van der Waals surface area (Å²) in [5.74, 6) is 0.709. The Morgan fingerprint density at radius 1 is 1.00 bits per heavy atom. The van der Waals surface area contributed by atoms with Crippen LogP contribution in [0, 0.1) is 0 Å². The van der Waals surface area contributed by atoms with Crippen LogP contribution in [0.4, 0.5) is 0 Å². The molecule has 0 aromatic heterocycles. The van der Waals surface area contributed by atoms with Crippen molar-refractivity contribution in [2.24, 2.45) is 0 Å². The minimum absolute atomic E-state index is 0.0989. The van der Waals surface area contributed by atoms with Gasteiger partial charge < -0.3 is 10.1 Å². The third kappa shape index (κ3) is 3.55. The number of hydrogen-bond donors (Lipinski definition) is 1. The van der Waals surface area contributed by atoms with E-state index in [1.807, 2.05) is 0 Å². The fraction of sp³-hybridized carbons (Fsp3) is 1.00. The van der Waals surface area contributed by atoms with E-state index in [1.165, 1.54) is 32.1 Å². The fourth-order valence-electron chi connectivity index (χ4n) is 4.20. The standard InChI is InChI=1S/C15H27NO3S/c17-20(18)10-4-5-14(12-20)16-13-6-9-19-15(11-13)7-2-1-3-8-15/h13-14,16H,1-12H2. The molecule has 2 heterocycles. The van der Waals surface area contributed by atoms with Crippen molar-refractivity contribution in [2.75, 3.05) is 18.1 Å². The van der Waals surface area contributed by atoms with E-state index < -0.39 is 9.84 Å². The third-order valence-electron chi connectivity index (χ3n) is 5.19. The molecule has 0 bridgehead atoms. The fourth-order valence-corrected chi connectivity index (χ4v) is 5.85. The molecule has 2 saturated heterocycles. The number of rotatable bonds is 2. The van der Waals surface area contributed by atoms with Crippen LogP contribution in [-0.2, 0) is 14.6 Å². The average molecular weight is 301 g/mol. The second-order valence-electron chi connectivity index (χ2n) is 6.90. The third-order valence-corrected chi connectivity index (χ3v) is 7.01. The molecule has 3 rings (SSSR count). The van der Waals surface area contributed by atoms with Gasteiger partial charge in [-0.3, -0.25) is 0 Å². The van der Waals surface area contributed by atoms with Crippen LogP contribution >= 0.6 is 0 Å². The van der Waals surface area contributed by atoms with E-state index >= 15 is 0 Å². The van der Waals surface area contributed by atoms with Crippen LogP contribution < -0.4 is 5.32 Å². The zero-order valence-corrected chi connectivity index (χ0v) is 13.1. The highest BCUT2D eigenvalue weighted by Crippen LogP contribution is 2.38. The Hall–Kier alpha value is -0.130. The van der Waals surface area contributed by atoms with Crippen molar-refractivity contribution < 1.29 is 13.2 Å². The van der Waals surface area contributed by atoms with Gasteiger partial charge in [0.25, 0.3) is 0 Å². The van der Waals surface area contributed by atoms with E-state index in [-0.39, 0.29) is 11.6 Å². The van der Waals surface area contributed by atoms with Crippen LogP contribution in [0.25, 0.3) is 0 Å². The van der Waals surface area contributed by atoms with E-state index in [9.17, 15) is 8.42 Å². The van der Waals surface area contributed by atoms with Crippen molar-refractivity contribution in [3.05, 3.63) is 0 Å². The normalized spacial score (nSPS) is 36.8. The van der Waals surface area contributed by atoms with Crippen LogP contribution in [0.1, 0.15) is 57.8 Å². The highest BCUT2D eigenvalue weighted by molar-refractivity contribution is 7.91. The maximum Gasteiger partial charge on any atom is 0.151 e. The Balaban J connectivity index is 1.57. The molecule has 1 aliphatic carbocycles. The molecule has 1 saturated carbocycles. The van der Waals surface area contributed by atoms with Crippen LogP contribution in [0.2, 0.25) is 0 Å². The summed E-state index contributed by atoms with van der Waals surface area (Å²) in [7, 11) is -2.81.